The second kappa shape index (κ2) is 8.23. The molecule has 3 aromatic carbocycles. The summed E-state index contributed by atoms with van der Waals surface area (Å²) in [6.45, 7) is 2.56. The molecule has 0 spiro atoms. The van der Waals surface area contributed by atoms with E-state index in [1.165, 1.54) is 10.1 Å². The van der Waals surface area contributed by atoms with E-state index in [9.17, 15) is 9.90 Å². The third-order valence-electron chi connectivity index (χ3n) is 5.14. The molecular weight excluding hydrogens is 362 g/mol. The van der Waals surface area contributed by atoms with Crippen molar-refractivity contribution in [3.63, 3.8) is 0 Å². The van der Waals surface area contributed by atoms with Crippen LogP contribution in [0.25, 0.3) is 10.9 Å². The zero-order chi connectivity index (χ0) is 20.2. The van der Waals surface area contributed by atoms with Crippen molar-refractivity contribution in [2.45, 2.75) is 26.4 Å². The van der Waals surface area contributed by atoms with Gasteiger partial charge >= 0.3 is 6.09 Å². The van der Waals surface area contributed by atoms with E-state index in [0.717, 1.165) is 28.5 Å². The highest BCUT2D eigenvalue weighted by Crippen LogP contribution is 2.33. The standard InChI is InChI=1S/C25H23NO3/c1-2-18-11-13-19(14-12-18)15-21-16-26(25(27)28)22-9-6-10-23(24(21)22)29-17-20-7-4-3-5-8-20/h3-14,16H,2,15,17H2,1H3,(H,27,28). The van der Waals surface area contributed by atoms with Crippen molar-refractivity contribution < 1.29 is 14.6 Å². The molecule has 4 rings (SSSR count). The first-order valence-corrected chi connectivity index (χ1v) is 9.76. The lowest BCUT2D eigenvalue weighted by Gasteiger charge is -2.10. The molecule has 0 radical (unpaired) electrons. The summed E-state index contributed by atoms with van der Waals surface area (Å²) in [4.78, 5) is 11.8. The average Bonchev–Trinajstić information content (AvgIpc) is 3.13. The third kappa shape index (κ3) is 4.02. The summed E-state index contributed by atoms with van der Waals surface area (Å²) in [5.74, 6) is 0.700. The van der Waals surface area contributed by atoms with Gasteiger partial charge in [-0.1, -0.05) is 67.6 Å². The van der Waals surface area contributed by atoms with Crippen LogP contribution < -0.4 is 4.74 Å². The van der Waals surface area contributed by atoms with Crippen molar-refractivity contribution in [3.8, 4) is 5.75 Å². The first-order chi connectivity index (χ1) is 14.2. The molecule has 4 heteroatoms. The molecule has 0 fully saturated rings. The predicted octanol–water partition coefficient (Wildman–Crippen LogP) is 5.90. The van der Waals surface area contributed by atoms with Crippen LogP contribution >= 0.6 is 0 Å². The molecule has 4 nitrogen and oxygen atoms in total. The Hall–Kier alpha value is -3.53. The van der Waals surface area contributed by atoms with Crippen molar-refractivity contribution in [3.05, 3.63) is 101 Å². The summed E-state index contributed by atoms with van der Waals surface area (Å²) in [6.07, 6.45) is 2.35. The molecule has 1 N–H and O–H groups in total. The molecule has 0 atom stereocenters. The van der Waals surface area contributed by atoms with E-state index in [1.807, 2.05) is 48.5 Å². The Morgan fingerprint density at radius 1 is 0.897 bits per heavy atom. The highest BCUT2D eigenvalue weighted by Gasteiger charge is 2.17. The largest absolute Gasteiger partial charge is 0.488 e. The Balaban J connectivity index is 1.72. The van der Waals surface area contributed by atoms with Crippen LogP contribution in [0.15, 0.2) is 79.0 Å². The topological polar surface area (TPSA) is 51.5 Å². The van der Waals surface area contributed by atoms with E-state index < -0.39 is 6.09 Å². The lowest BCUT2D eigenvalue weighted by Crippen LogP contribution is -2.05. The summed E-state index contributed by atoms with van der Waals surface area (Å²) < 4.78 is 7.39. The van der Waals surface area contributed by atoms with Gasteiger partial charge in [0.2, 0.25) is 0 Å². The number of hydrogen-bond acceptors (Lipinski definition) is 2. The van der Waals surface area contributed by atoms with Crippen LogP contribution in [0.3, 0.4) is 0 Å². The minimum atomic E-state index is -0.997. The maximum Gasteiger partial charge on any atom is 0.416 e. The average molecular weight is 385 g/mol. The molecular formula is C25H23NO3. The lowest BCUT2D eigenvalue weighted by atomic mass is 10.0. The first-order valence-electron chi connectivity index (χ1n) is 9.76. The molecule has 29 heavy (non-hydrogen) atoms. The maximum atomic E-state index is 11.8. The normalized spacial score (nSPS) is 10.9. The Bertz CT molecular complexity index is 1130. The van der Waals surface area contributed by atoms with Crippen molar-refractivity contribution in [1.82, 2.24) is 4.57 Å². The van der Waals surface area contributed by atoms with Gasteiger partial charge in [0, 0.05) is 11.6 Å². The molecule has 4 aromatic rings. The van der Waals surface area contributed by atoms with Crippen LogP contribution in [0.2, 0.25) is 0 Å². The minimum absolute atomic E-state index is 0.433. The molecule has 0 saturated carbocycles. The zero-order valence-corrected chi connectivity index (χ0v) is 16.3. The number of aromatic nitrogens is 1. The van der Waals surface area contributed by atoms with Crippen molar-refractivity contribution in [1.29, 1.82) is 0 Å². The van der Waals surface area contributed by atoms with Crippen LogP contribution in [0.1, 0.15) is 29.2 Å². The van der Waals surface area contributed by atoms with E-state index in [-0.39, 0.29) is 0 Å². The van der Waals surface area contributed by atoms with Crippen molar-refractivity contribution in [2.24, 2.45) is 0 Å². The fourth-order valence-corrected chi connectivity index (χ4v) is 3.59. The Labute approximate surface area is 170 Å². The third-order valence-corrected chi connectivity index (χ3v) is 5.14. The molecule has 0 amide bonds. The molecule has 0 bridgehead atoms. The summed E-state index contributed by atoms with van der Waals surface area (Å²) in [5.41, 5.74) is 5.08. The number of carboxylic acid groups (broad SMARTS) is 1. The number of nitrogens with zero attached hydrogens (tertiary/aromatic N) is 1. The number of fused-ring (bicyclic) bond motifs is 1. The SMILES string of the molecule is CCc1ccc(Cc2cn(C(=O)O)c3cccc(OCc4ccccc4)c23)cc1. The second-order valence-corrected chi connectivity index (χ2v) is 7.08. The molecule has 1 heterocycles. The monoisotopic (exact) mass is 385 g/mol. The Morgan fingerprint density at radius 3 is 2.31 bits per heavy atom. The van der Waals surface area contributed by atoms with Gasteiger partial charge in [-0.15, -0.1) is 0 Å². The van der Waals surface area contributed by atoms with E-state index in [1.54, 1.807) is 6.20 Å². The van der Waals surface area contributed by atoms with E-state index >= 15 is 0 Å². The van der Waals surface area contributed by atoms with Gasteiger partial charge in [0.25, 0.3) is 0 Å². The van der Waals surface area contributed by atoms with Crippen molar-refractivity contribution in [2.75, 3.05) is 0 Å². The second-order valence-electron chi connectivity index (χ2n) is 7.08. The number of carbonyl (C=O) groups is 1. The summed E-state index contributed by atoms with van der Waals surface area (Å²) in [5, 5.41) is 10.5. The van der Waals surface area contributed by atoms with Crippen molar-refractivity contribution >= 4 is 17.0 Å². The van der Waals surface area contributed by atoms with Crippen LogP contribution in [0.4, 0.5) is 4.79 Å². The Morgan fingerprint density at radius 2 is 1.62 bits per heavy atom. The van der Waals surface area contributed by atoms with Gasteiger partial charge in [0.05, 0.1) is 5.52 Å². The predicted molar refractivity (Wildman–Crippen MR) is 115 cm³/mol. The van der Waals surface area contributed by atoms with Crippen LogP contribution in [0.5, 0.6) is 5.75 Å². The first kappa shape index (κ1) is 18.8. The van der Waals surface area contributed by atoms with E-state index in [4.69, 9.17) is 4.74 Å². The molecule has 146 valence electrons. The summed E-state index contributed by atoms with van der Waals surface area (Å²) >= 11 is 0. The van der Waals surface area contributed by atoms with Gasteiger partial charge in [-0.25, -0.2) is 4.79 Å². The van der Waals surface area contributed by atoms with Gasteiger partial charge in [0.1, 0.15) is 12.4 Å². The lowest BCUT2D eigenvalue weighted by molar-refractivity contribution is 0.197. The smallest absolute Gasteiger partial charge is 0.416 e. The maximum absolute atomic E-state index is 11.8. The highest BCUT2D eigenvalue weighted by molar-refractivity contribution is 5.95. The van der Waals surface area contributed by atoms with Gasteiger partial charge in [0.15, 0.2) is 0 Å². The summed E-state index contributed by atoms with van der Waals surface area (Å²) in [6, 6.07) is 24.0. The minimum Gasteiger partial charge on any atom is -0.488 e. The van der Waals surface area contributed by atoms with Crippen LogP contribution in [-0.2, 0) is 19.4 Å². The summed E-state index contributed by atoms with van der Waals surface area (Å²) in [7, 11) is 0. The fourth-order valence-electron chi connectivity index (χ4n) is 3.59. The number of ether oxygens (including phenoxy) is 1. The highest BCUT2D eigenvalue weighted by atomic mass is 16.5. The number of rotatable bonds is 6. The molecule has 0 aliphatic carbocycles. The molecule has 0 aliphatic rings. The number of benzene rings is 3. The molecule has 0 saturated heterocycles. The zero-order valence-electron chi connectivity index (χ0n) is 16.3. The quantitative estimate of drug-likeness (QED) is 0.450. The van der Waals surface area contributed by atoms with E-state index in [0.29, 0.717) is 24.3 Å². The Kier molecular flexibility index (Phi) is 5.34. The van der Waals surface area contributed by atoms with E-state index in [2.05, 4.69) is 31.2 Å². The van der Waals surface area contributed by atoms with Gasteiger partial charge in [-0.05, 0) is 47.2 Å². The van der Waals surface area contributed by atoms with Gasteiger partial charge in [-0.2, -0.15) is 0 Å². The van der Waals surface area contributed by atoms with Gasteiger partial charge in [-0.3, -0.25) is 4.57 Å². The molecule has 1 aromatic heterocycles. The molecule has 0 unspecified atom stereocenters. The van der Waals surface area contributed by atoms with Gasteiger partial charge < -0.3 is 9.84 Å². The number of hydrogen-bond donors (Lipinski definition) is 1. The number of aryl methyl sites for hydroxylation is 1. The fraction of sp³-hybridized carbons (Fsp3) is 0.160. The molecule has 0 aliphatic heterocycles. The van der Waals surface area contributed by atoms with Crippen LogP contribution in [0, 0.1) is 0 Å². The van der Waals surface area contributed by atoms with Crippen LogP contribution in [-0.4, -0.2) is 15.8 Å².